The van der Waals surface area contributed by atoms with Crippen LogP contribution < -0.4 is 4.72 Å². The van der Waals surface area contributed by atoms with Gasteiger partial charge in [0.05, 0.1) is 17.5 Å². The topological polar surface area (TPSA) is 55.4 Å². The van der Waals surface area contributed by atoms with Crippen LogP contribution in [-0.4, -0.2) is 34.1 Å². The van der Waals surface area contributed by atoms with Gasteiger partial charge in [0, 0.05) is 13.0 Å². The summed E-state index contributed by atoms with van der Waals surface area (Å²) in [5.74, 6) is -0.399. The Morgan fingerprint density at radius 2 is 2.00 bits per heavy atom. The van der Waals surface area contributed by atoms with Gasteiger partial charge in [-0.1, -0.05) is 0 Å². The Morgan fingerprint density at radius 1 is 1.41 bits per heavy atom. The quantitative estimate of drug-likeness (QED) is 0.801. The Kier molecular flexibility index (Phi) is 5.32. The molecule has 0 bridgehead atoms. The first kappa shape index (κ1) is 14.4. The van der Waals surface area contributed by atoms with Crippen molar-refractivity contribution in [2.45, 2.75) is 10.9 Å². The molecule has 0 spiro atoms. The summed E-state index contributed by atoms with van der Waals surface area (Å²) < 4.78 is 43.5. The number of hydrogen-bond donors (Lipinski definition) is 1. The third-order valence-corrected chi connectivity index (χ3v) is 3.91. The van der Waals surface area contributed by atoms with E-state index in [9.17, 15) is 12.8 Å². The number of sulfonamides is 1. The molecule has 17 heavy (non-hydrogen) atoms. The maximum absolute atomic E-state index is 12.7. The van der Waals surface area contributed by atoms with E-state index in [0.717, 1.165) is 12.1 Å². The summed E-state index contributed by atoms with van der Waals surface area (Å²) in [6.45, 7) is 0.171. The lowest BCUT2D eigenvalue weighted by molar-refractivity contribution is 0.181. The minimum Gasteiger partial charge on any atom is -0.383 e. The van der Waals surface area contributed by atoms with Crippen molar-refractivity contribution in [1.29, 1.82) is 0 Å². The molecule has 1 rings (SSSR count). The highest BCUT2D eigenvalue weighted by Gasteiger charge is 2.19. The normalized spacial score (nSPS) is 13.6. The number of halogens is 2. The van der Waals surface area contributed by atoms with Gasteiger partial charge in [0.15, 0.2) is 0 Å². The lowest BCUT2D eigenvalue weighted by atomic mass is 10.4. The first-order valence-corrected chi connectivity index (χ1v) is 6.84. The highest BCUT2D eigenvalue weighted by Crippen LogP contribution is 2.10. The van der Waals surface area contributed by atoms with Crippen molar-refractivity contribution in [3.63, 3.8) is 0 Å². The van der Waals surface area contributed by atoms with E-state index in [0.29, 0.717) is 0 Å². The Bertz CT molecular complexity index is 449. The fourth-order valence-corrected chi connectivity index (χ4v) is 2.69. The molecule has 0 fully saturated rings. The third-order valence-electron chi connectivity index (χ3n) is 2.00. The molecule has 0 aliphatic carbocycles. The van der Waals surface area contributed by atoms with Crippen LogP contribution in [0.4, 0.5) is 4.39 Å². The molecule has 0 aliphatic rings. The van der Waals surface area contributed by atoms with Gasteiger partial charge < -0.3 is 4.74 Å². The molecule has 1 unspecified atom stereocenters. The highest BCUT2D eigenvalue weighted by atomic mass is 35.5. The van der Waals surface area contributed by atoms with Gasteiger partial charge in [-0.3, -0.25) is 0 Å². The molecule has 7 heteroatoms. The largest absolute Gasteiger partial charge is 0.383 e. The number of ether oxygens (including phenoxy) is 1. The molecule has 1 aromatic rings. The first-order chi connectivity index (χ1) is 7.99. The molecule has 1 aromatic carbocycles. The standard InChI is InChI=1S/C10H13ClFNO3S/c1-16-7-9(6-11)13-17(14,15)10-4-2-8(12)3-5-10/h2-5,9,13H,6-7H2,1H3. The second-order valence-corrected chi connectivity index (χ2v) is 5.40. The monoisotopic (exact) mass is 281 g/mol. The fraction of sp³-hybridized carbons (Fsp3) is 0.400. The molecule has 0 aliphatic heterocycles. The number of rotatable bonds is 6. The average Bonchev–Trinajstić information content (AvgIpc) is 2.28. The molecular formula is C10H13ClFNO3S. The number of nitrogens with one attached hydrogen (secondary N) is 1. The van der Waals surface area contributed by atoms with E-state index in [2.05, 4.69) is 4.72 Å². The summed E-state index contributed by atoms with van der Waals surface area (Å²) in [5.41, 5.74) is 0. The molecule has 0 amide bonds. The summed E-state index contributed by atoms with van der Waals surface area (Å²) in [6.07, 6.45) is 0. The van der Waals surface area contributed by atoms with E-state index in [1.54, 1.807) is 0 Å². The molecule has 0 aromatic heterocycles. The fourth-order valence-electron chi connectivity index (χ4n) is 1.21. The van der Waals surface area contributed by atoms with E-state index < -0.39 is 21.9 Å². The van der Waals surface area contributed by atoms with Gasteiger partial charge in [-0.2, -0.15) is 0 Å². The zero-order chi connectivity index (χ0) is 12.9. The number of hydrogen-bond acceptors (Lipinski definition) is 3. The summed E-state index contributed by atoms with van der Waals surface area (Å²) in [4.78, 5) is -0.00915. The molecule has 4 nitrogen and oxygen atoms in total. The van der Waals surface area contributed by atoms with E-state index in [-0.39, 0.29) is 17.4 Å². The van der Waals surface area contributed by atoms with Crippen LogP contribution >= 0.6 is 11.6 Å². The highest BCUT2D eigenvalue weighted by molar-refractivity contribution is 7.89. The van der Waals surface area contributed by atoms with Crippen molar-refractivity contribution >= 4 is 21.6 Å². The minimum absolute atomic E-state index is 0.00915. The Labute approximate surface area is 105 Å². The Hall–Kier alpha value is -0.690. The molecule has 0 heterocycles. The summed E-state index contributed by atoms with van der Waals surface area (Å²) in [6, 6.07) is 4.03. The summed E-state index contributed by atoms with van der Waals surface area (Å²) >= 11 is 5.60. The molecule has 0 saturated heterocycles. The first-order valence-electron chi connectivity index (χ1n) is 4.82. The number of methoxy groups -OCH3 is 1. The second-order valence-electron chi connectivity index (χ2n) is 3.38. The maximum Gasteiger partial charge on any atom is 0.240 e. The predicted molar refractivity (Wildman–Crippen MR) is 63.1 cm³/mol. The lowest BCUT2D eigenvalue weighted by Crippen LogP contribution is -2.39. The predicted octanol–water partition coefficient (Wildman–Crippen LogP) is 1.36. The van der Waals surface area contributed by atoms with Crippen LogP contribution in [0.25, 0.3) is 0 Å². The van der Waals surface area contributed by atoms with Crippen molar-refractivity contribution in [2.24, 2.45) is 0 Å². The van der Waals surface area contributed by atoms with Gasteiger partial charge in [0.2, 0.25) is 10.0 Å². The molecule has 96 valence electrons. The van der Waals surface area contributed by atoms with E-state index in [1.165, 1.54) is 19.2 Å². The van der Waals surface area contributed by atoms with Crippen LogP contribution in [0.15, 0.2) is 29.2 Å². The van der Waals surface area contributed by atoms with Gasteiger partial charge in [-0.15, -0.1) is 11.6 Å². The van der Waals surface area contributed by atoms with Gasteiger partial charge in [0.25, 0.3) is 0 Å². The van der Waals surface area contributed by atoms with Crippen LogP contribution in [-0.2, 0) is 14.8 Å². The maximum atomic E-state index is 12.7. The second kappa shape index (κ2) is 6.30. The molecular weight excluding hydrogens is 269 g/mol. The molecule has 0 radical (unpaired) electrons. The average molecular weight is 282 g/mol. The van der Waals surface area contributed by atoms with Gasteiger partial charge >= 0.3 is 0 Å². The van der Waals surface area contributed by atoms with Crippen LogP contribution in [0, 0.1) is 5.82 Å². The summed E-state index contributed by atoms with van der Waals surface area (Å²) in [7, 11) is -2.24. The van der Waals surface area contributed by atoms with Crippen molar-refractivity contribution in [3.05, 3.63) is 30.1 Å². The Balaban J connectivity index is 2.84. The number of benzene rings is 1. The van der Waals surface area contributed by atoms with Crippen molar-refractivity contribution in [3.8, 4) is 0 Å². The van der Waals surface area contributed by atoms with Crippen LogP contribution in [0.1, 0.15) is 0 Å². The van der Waals surface area contributed by atoms with Crippen molar-refractivity contribution < 1.29 is 17.5 Å². The van der Waals surface area contributed by atoms with Gasteiger partial charge in [0.1, 0.15) is 5.82 Å². The number of alkyl halides is 1. The van der Waals surface area contributed by atoms with Crippen molar-refractivity contribution in [1.82, 2.24) is 4.72 Å². The molecule has 0 saturated carbocycles. The van der Waals surface area contributed by atoms with E-state index in [1.807, 2.05) is 0 Å². The molecule has 1 atom stereocenters. The molecule has 1 N–H and O–H groups in total. The van der Waals surface area contributed by atoms with E-state index in [4.69, 9.17) is 16.3 Å². The minimum atomic E-state index is -3.69. The third kappa shape index (κ3) is 4.23. The van der Waals surface area contributed by atoms with Crippen LogP contribution in [0.2, 0.25) is 0 Å². The van der Waals surface area contributed by atoms with Crippen LogP contribution in [0.5, 0.6) is 0 Å². The zero-order valence-electron chi connectivity index (χ0n) is 9.19. The zero-order valence-corrected chi connectivity index (χ0v) is 10.8. The Morgan fingerprint density at radius 3 is 2.47 bits per heavy atom. The van der Waals surface area contributed by atoms with Crippen LogP contribution in [0.3, 0.4) is 0 Å². The summed E-state index contributed by atoms with van der Waals surface area (Å²) in [5, 5.41) is 0. The SMILES string of the molecule is COCC(CCl)NS(=O)(=O)c1ccc(F)cc1. The van der Waals surface area contributed by atoms with Gasteiger partial charge in [-0.25, -0.2) is 17.5 Å². The van der Waals surface area contributed by atoms with Crippen molar-refractivity contribution in [2.75, 3.05) is 19.6 Å². The lowest BCUT2D eigenvalue weighted by Gasteiger charge is -2.15. The van der Waals surface area contributed by atoms with Gasteiger partial charge in [-0.05, 0) is 24.3 Å². The smallest absolute Gasteiger partial charge is 0.240 e. The van der Waals surface area contributed by atoms with E-state index >= 15 is 0 Å².